The van der Waals surface area contributed by atoms with Gasteiger partial charge in [-0.2, -0.15) is 0 Å². The Balaban J connectivity index is 2.79. The number of nitro groups is 1. The van der Waals surface area contributed by atoms with E-state index in [-0.39, 0.29) is 16.8 Å². The molecule has 4 nitrogen and oxygen atoms in total. The van der Waals surface area contributed by atoms with E-state index < -0.39 is 4.92 Å². The summed E-state index contributed by atoms with van der Waals surface area (Å²) in [6.45, 7) is 6.14. The Labute approximate surface area is 99.1 Å². The van der Waals surface area contributed by atoms with E-state index in [1.807, 2.05) is 6.92 Å². The third-order valence-corrected chi connectivity index (χ3v) is 2.51. The van der Waals surface area contributed by atoms with Crippen molar-refractivity contribution < 1.29 is 4.92 Å². The van der Waals surface area contributed by atoms with Gasteiger partial charge in [-0.15, -0.1) is 6.58 Å². The molecule has 0 aliphatic rings. The van der Waals surface area contributed by atoms with E-state index >= 15 is 0 Å². The second-order valence-corrected chi connectivity index (χ2v) is 3.86. The number of hydrogen-bond acceptors (Lipinski definition) is 3. The summed E-state index contributed by atoms with van der Waals surface area (Å²) in [5, 5.41) is 14.0. The van der Waals surface area contributed by atoms with Crippen molar-refractivity contribution in [2.24, 2.45) is 0 Å². The van der Waals surface area contributed by atoms with Gasteiger partial charge >= 0.3 is 0 Å². The maximum Gasteiger partial charge on any atom is 0.288 e. The van der Waals surface area contributed by atoms with Crippen LogP contribution in [0, 0.1) is 10.1 Å². The number of rotatable bonds is 5. The molecule has 0 radical (unpaired) electrons. The highest BCUT2D eigenvalue weighted by Crippen LogP contribution is 2.24. The van der Waals surface area contributed by atoms with E-state index in [4.69, 9.17) is 11.6 Å². The average Bonchev–Trinajstić information content (AvgIpc) is 2.27. The number of nitrogens with zero attached hydrogens (tertiary/aromatic N) is 1. The summed E-state index contributed by atoms with van der Waals surface area (Å²) in [4.78, 5) is 10.2. The van der Waals surface area contributed by atoms with Gasteiger partial charge in [0, 0.05) is 18.7 Å². The summed E-state index contributed by atoms with van der Waals surface area (Å²) in [5.74, 6) is 0. The number of benzene rings is 1. The van der Waals surface area contributed by atoms with Crippen LogP contribution >= 0.6 is 11.6 Å². The van der Waals surface area contributed by atoms with Gasteiger partial charge in [0.25, 0.3) is 5.69 Å². The summed E-state index contributed by atoms with van der Waals surface area (Å²) < 4.78 is 0. The lowest BCUT2D eigenvalue weighted by Gasteiger charge is -2.08. The maximum absolute atomic E-state index is 10.7. The van der Waals surface area contributed by atoms with E-state index in [9.17, 15) is 10.1 Å². The number of halogens is 1. The zero-order valence-corrected chi connectivity index (χ0v) is 9.70. The Morgan fingerprint density at radius 1 is 1.69 bits per heavy atom. The Morgan fingerprint density at radius 3 is 2.94 bits per heavy atom. The summed E-state index contributed by atoms with van der Waals surface area (Å²) in [5.41, 5.74) is 0.761. The van der Waals surface area contributed by atoms with Gasteiger partial charge in [0.2, 0.25) is 0 Å². The molecule has 5 heteroatoms. The zero-order valence-electron chi connectivity index (χ0n) is 8.94. The maximum atomic E-state index is 10.7. The lowest BCUT2D eigenvalue weighted by Crippen LogP contribution is -2.22. The van der Waals surface area contributed by atoms with Crippen LogP contribution in [0.3, 0.4) is 0 Å². The highest BCUT2D eigenvalue weighted by molar-refractivity contribution is 6.32. The van der Waals surface area contributed by atoms with Crippen molar-refractivity contribution in [1.82, 2.24) is 5.32 Å². The minimum atomic E-state index is -0.483. The Kier molecular flexibility index (Phi) is 4.46. The van der Waals surface area contributed by atoms with Crippen LogP contribution in [0.25, 0.3) is 0 Å². The first-order chi connectivity index (χ1) is 7.54. The molecule has 1 N–H and O–H groups in total. The molecule has 0 saturated heterocycles. The second-order valence-electron chi connectivity index (χ2n) is 3.45. The average molecular weight is 241 g/mol. The van der Waals surface area contributed by atoms with E-state index in [2.05, 4.69) is 11.9 Å². The first kappa shape index (κ1) is 12.7. The summed E-state index contributed by atoms with van der Waals surface area (Å²) >= 11 is 5.70. The van der Waals surface area contributed by atoms with Crippen LogP contribution in [0.1, 0.15) is 12.5 Å². The molecule has 0 aliphatic carbocycles. The molecule has 1 unspecified atom stereocenters. The van der Waals surface area contributed by atoms with E-state index in [0.717, 1.165) is 5.56 Å². The van der Waals surface area contributed by atoms with E-state index in [1.165, 1.54) is 12.1 Å². The highest BCUT2D eigenvalue weighted by atomic mass is 35.5. The third-order valence-electron chi connectivity index (χ3n) is 2.19. The third kappa shape index (κ3) is 3.32. The minimum absolute atomic E-state index is 0.0628. The van der Waals surface area contributed by atoms with Crippen LogP contribution in [0.5, 0.6) is 0 Å². The highest BCUT2D eigenvalue weighted by Gasteiger charge is 2.12. The lowest BCUT2D eigenvalue weighted by molar-refractivity contribution is -0.384. The van der Waals surface area contributed by atoms with Gasteiger partial charge in [-0.3, -0.25) is 10.1 Å². The standard InChI is InChI=1S/C11H13ClN2O2/c1-3-8(2)13-7-9-4-5-10(12)11(6-9)14(15)16/h3-6,8,13H,1,7H2,2H3. The second kappa shape index (κ2) is 5.63. The van der Waals surface area contributed by atoms with Crippen LogP contribution in [0.15, 0.2) is 30.9 Å². The molecule has 1 rings (SSSR count). The van der Waals surface area contributed by atoms with Gasteiger partial charge in [0.05, 0.1) is 4.92 Å². The molecule has 0 saturated carbocycles. The van der Waals surface area contributed by atoms with Crippen LogP contribution in [0.4, 0.5) is 5.69 Å². The monoisotopic (exact) mass is 240 g/mol. The molecule has 0 amide bonds. The fraction of sp³-hybridized carbons (Fsp3) is 0.273. The SMILES string of the molecule is C=CC(C)NCc1ccc(Cl)c([N+](=O)[O-])c1. The van der Waals surface area contributed by atoms with E-state index in [0.29, 0.717) is 6.54 Å². The predicted octanol–water partition coefficient (Wildman–Crippen LogP) is 2.91. The summed E-state index contributed by atoms with van der Waals surface area (Å²) in [7, 11) is 0. The Hall–Kier alpha value is -1.39. The van der Waals surface area contributed by atoms with Crippen LogP contribution in [-0.2, 0) is 6.54 Å². The molecule has 0 aliphatic heterocycles. The van der Waals surface area contributed by atoms with Gasteiger partial charge in [-0.1, -0.05) is 23.7 Å². The van der Waals surface area contributed by atoms with Gasteiger partial charge in [0.15, 0.2) is 0 Å². The van der Waals surface area contributed by atoms with Crippen molar-refractivity contribution in [2.75, 3.05) is 0 Å². The first-order valence-corrected chi connectivity index (χ1v) is 5.21. The smallest absolute Gasteiger partial charge is 0.288 e. The molecule has 0 spiro atoms. The van der Waals surface area contributed by atoms with Crippen LogP contribution in [0.2, 0.25) is 5.02 Å². The normalized spacial score (nSPS) is 12.1. The zero-order chi connectivity index (χ0) is 12.1. The molecule has 16 heavy (non-hydrogen) atoms. The van der Waals surface area contributed by atoms with Crippen molar-refractivity contribution in [3.8, 4) is 0 Å². The van der Waals surface area contributed by atoms with Crippen molar-refractivity contribution in [3.05, 3.63) is 51.6 Å². The van der Waals surface area contributed by atoms with Gasteiger partial charge < -0.3 is 5.32 Å². The van der Waals surface area contributed by atoms with Crippen LogP contribution in [-0.4, -0.2) is 11.0 Å². The molecule has 1 aromatic rings. The molecule has 0 heterocycles. The van der Waals surface area contributed by atoms with Gasteiger partial charge in [0.1, 0.15) is 5.02 Å². The fourth-order valence-electron chi connectivity index (χ4n) is 1.17. The topological polar surface area (TPSA) is 55.2 Å². The minimum Gasteiger partial charge on any atom is -0.307 e. The van der Waals surface area contributed by atoms with Crippen molar-refractivity contribution in [2.45, 2.75) is 19.5 Å². The van der Waals surface area contributed by atoms with Gasteiger partial charge in [-0.25, -0.2) is 0 Å². The van der Waals surface area contributed by atoms with E-state index in [1.54, 1.807) is 12.1 Å². The largest absolute Gasteiger partial charge is 0.307 e. The van der Waals surface area contributed by atoms with Crippen LogP contribution < -0.4 is 5.32 Å². The number of hydrogen-bond donors (Lipinski definition) is 1. The number of nitrogens with one attached hydrogen (secondary N) is 1. The summed E-state index contributed by atoms with van der Waals surface area (Å²) in [6.07, 6.45) is 1.77. The summed E-state index contributed by atoms with van der Waals surface area (Å²) in [6, 6.07) is 4.94. The fourth-order valence-corrected chi connectivity index (χ4v) is 1.36. The quantitative estimate of drug-likeness (QED) is 0.489. The number of nitro benzene ring substituents is 1. The first-order valence-electron chi connectivity index (χ1n) is 4.83. The van der Waals surface area contributed by atoms with Crippen molar-refractivity contribution in [1.29, 1.82) is 0 Å². The molecule has 0 aromatic heterocycles. The Bertz CT molecular complexity index is 407. The van der Waals surface area contributed by atoms with Crippen molar-refractivity contribution >= 4 is 17.3 Å². The van der Waals surface area contributed by atoms with Gasteiger partial charge in [-0.05, 0) is 18.6 Å². The molecule has 1 atom stereocenters. The molecular weight excluding hydrogens is 228 g/mol. The molecule has 0 bridgehead atoms. The molecule has 1 aromatic carbocycles. The molecular formula is C11H13ClN2O2. The predicted molar refractivity (Wildman–Crippen MR) is 64.6 cm³/mol. The Morgan fingerprint density at radius 2 is 2.38 bits per heavy atom. The van der Waals surface area contributed by atoms with Crippen molar-refractivity contribution in [3.63, 3.8) is 0 Å². The molecule has 86 valence electrons. The lowest BCUT2D eigenvalue weighted by atomic mass is 10.2. The molecule has 0 fully saturated rings.